The third kappa shape index (κ3) is 3.70. The minimum atomic E-state index is -3.52. The Labute approximate surface area is 158 Å². The molecule has 3 aromatic rings. The standard InChI is InChI=1S/C20H22N2O4S/c1-25-16-8-6-7-15(13-16)14-27(23,24)22-12-5-4-10-18(22)20-21-17-9-2-3-11-19(17)26-20/h2-3,6-9,11,13,18H,4-5,10,12,14H2,1H3/t18-/m0/s1. The summed E-state index contributed by atoms with van der Waals surface area (Å²) in [4.78, 5) is 4.54. The van der Waals surface area contributed by atoms with Crippen LogP contribution in [0.2, 0.25) is 0 Å². The zero-order valence-corrected chi connectivity index (χ0v) is 16.0. The van der Waals surface area contributed by atoms with Crippen LogP contribution in [0.3, 0.4) is 0 Å². The van der Waals surface area contributed by atoms with Crippen LogP contribution in [0.5, 0.6) is 5.75 Å². The van der Waals surface area contributed by atoms with Gasteiger partial charge in [-0.15, -0.1) is 0 Å². The Balaban J connectivity index is 1.64. The normalized spacial score (nSPS) is 18.6. The molecule has 1 aromatic heterocycles. The Morgan fingerprint density at radius 3 is 2.85 bits per heavy atom. The van der Waals surface area contributed by atoms with Crippen molar-refractivity contribution in [2.24, 2.45) is 0 Å². The summed E-state index contributed by atoms with van der Waals surface area (Å²) in [5, 5.41) is 0. The zero-order chi connectivity index (χ0) is 18.9. The first kappa shape index (κ1) is 18.0. The maximum atomic E-state index is 13.2. The number of rotatable bonds is 5. The molecule has 0 saturated carbocycles. The van der Waals surface area contributed by atoms with Crippen molar-refractivity contribution in [3.63, 3.8) is 0 Å². The molecule has 1 atom stereocenters. The first-order chi connectivity index (χ1) is 13.1. The number of fused-ring (bicyclic) bond motifs is 1. The number of nitrogens with zero attached hydrogens (tertiary/aromatic N) is 2. The summed E-state index contributed by atoms with van der Waals surface area (Å²) in [5.74, 6) is 1.06. The van der Waals surface area contributed by atoms with Crippen molar-refractivity contribution < 1.29 is 17.6 Å². The topological polar surface area (TPSA) is 72.6 Å². The molecule has 7 heteroatoms. The summed E-state index contributed by atoms with van der Waals surface area (Å²) < 4.78 is 39.0. The molecule has 1 aliphatic heterocycles. The molecule has 1 fully saturated rings. The Bertz CT molecular complexity index is 1010. The molecule has 1 aliphatic rings. The lowest BCUT2D eigenvalue weighted by molar-refractivity contribution is 0.222. The highest BCUT2D eigenvalue weighted by atomic mass is 32.2. The molecular formula is C20H22N2O4S. The molecule has 2 aromatic carbocycles. The fourth-order valence-electron chi connectivity index (χ4n) is 3.57. The lowest BCUT2D eigenvalue weighted by atomic mass is 10.1. The van der Waals surface area contributed by atoms with Crippen LogP contribution in [0, 0.1) is 0 Å². The van der Waals surface area contributed by atoms with Crippen molar-refractivity contribution in [2.45, 2.75) is 31.1 Å². The minimum absolute atomic E-state index is 0.0685. The Kier molecular flexibility index (Phi) is 4.88. The van der Waals surface area contributed by atoms with Gasteiger partial charge in [0.15, 0.2) is 5.58 Å². The molecule has 0 unspecified atom stereocenters. The van der Waals surface area contributed by atoms with E-state index in [9.17, 15) is 8.42 Å². The van der Waals surface area contributed by atoms with Gasteiger partial charge >= 0.3 is 0 Å². The van der Waals surface area contributed by atoms with Crippen LogP contribution in [0.25, 0.3) is 11.1 Å². The van der Waals surface area contributed by atoms with Gasteiger partial charge in [-0.3, -0.25) is 0 Å². The van der Waals surface area contributed by atoms with Crippen molar-refractivity contribution in [1.29, 1.82) is 0 Å². The first-order valence-electron chi connectivity index (χ1n) is 9.05. The summed E-state index contributed by atoms with van der Waals surface area (Å²) in [5.41, 5.74) is 2.14. The fourth-order valence-corrected chi connectivity index (χ4v) is 5.33. The highest BCUT2D eigenvalue weighted by Gasteiger charge is 2.36. The molecule has 6 nitrogen and oxygen atoms in total. The number of methoxy groups -OCH3 is 1. The van der Waals surface area contributed by atoms with E-state index in [0.29, 0.717) is 35.8 Å². The molecule has 0 N–H and O–H groups in total. The van der Waals surface area contributed by atoms with E-state index >= 15 is 0 Å². The third-order valence-corrected chi connectivity index (χ3v) is 6.74. The summed E-state index contributed by atoms with van der Waals surface area (Å²) >= 11 is 0. The van der Waals surface area contributed by atoms with E-state index in [2.05, 4.69) is 4.98 Å². The van der Waals surface area contributed by atoms with E-state index < -0.39 is 10.0 Å². The minimum Gasteiger partial charge on any atom is -0.497 e. The number of oxazole rings is 1. The maximum absolute atomic E-state index is 13.2. The van der Waals surface area contributed by atoms with Crippen molar-refractivity contribution >= 4 is 21.1 Å². The Hall–Kier alpha value is -2.38. The van der Waals surface area contributed by atoms with E-state index in [1.807, 2.05) is 24.3 Å². The lowest BCUT2D eigenvalue weighted by Gasteiger charge is -2.32. The van der Waals surface area contributed by atoms with Crippen LogP contribution in [-0.4, -0.2) is 31.4 Å². The van der Waals surface area contributed by atoms with Gasteiger partial charge < -0.3 is 9.15 Å². The largest absolute Gasteiger partial charge is 0.497 e. The van der Waals surface area contributed by atoms with Crippen molar-refractivity contribution in [2.75, 3.05) is 13.7 Å². The monoisotopic (exact) mass is 386 g/mol. The van der Waals surface area contributed by atoms with Gasteiger partial charge in [-0.1, -0.05) is 30.7 Å². The quantitative estimate of drug-likeness (QED) is 0.665. The van der Waals surface area contributed by atoms with Crippen LogP contribution in [0.4, 0.5) is 0 Å². The van der Waals surface area contributed by atoms with E-state index in [-0.39, 0.29) is 11.8 Å². The average Bonchev–Trinajstić information content (AvgIpc) is 3.12. The number of para-hydroxylation sites is 2. The second kappa shape index (κ2) is 7.32. The second-order valence-electron chi connectivity index (χ2n) is 6.75. The van der Waals surface area contributed by atoms with E-state index in [4.69, 9.17) is 9.15 Å². The summed E-state index contributed by atoms with van der Waals surface area (Å²) in [6, 6.07) is 14.3. The molecule has 0 radical (unpaired) electrons. The highest BCUT2D eigenvalue weighted by molar-refractivity contribution is 7.88. The molecule has 142 valence electrons. The van der Waals surface area contributed by atoms with Gasteiger partial charge in [-0.2, -0.15) is 4.31 Å². The van der Waals surface area contributed by atoms with Crippen LogP contribution in [0.1, 0.15) is 36.8 Å². The van der Waals surface area contributed by atoms with Gasteiger partial charge in [0.05, 0.1) is 12.9 Å². The van der Waals surface area contributed by atoms with Crippen molar-refractivity contribution in [3.05, 3.63) is 60.0 Å². The smallest absolute Gasteiger partial charge is 0.219 e. The number of aromatic nitrogens is 1. The molecule has 2 heterocycles. The van der Waals surface area contributed by atoms with Gasteiger partial charge in [-0.25, -0.2) is 13.4 Å². The number of ether oxygens (including phenoxy) is 1. The van der Waals surface area contributed by atoms with Crippen LogP contribution >= 0.6 is 0 Å². The highest BCUT2D eigenvalue weighted by Crippen LogP contribution is 2.35. The lowest BCUT2D eigenvalue weighted by Crippen LogP contribution is -2.39. The SMILES string of the molecule is COc1cccc(CS(=O)(=O)N2CCCC[C@H]2c2nc3ccccc3o2)c1. The number of sulfonamides is 1. The Morgan fingerprint density at radius 2 is 2.04 bits per heavy atom. The number of hydrogen-bond acceptors (Lipinski definition) is 5. The van der Waals surface area contributed by atoms with Gasteiger partial charge in [0.1, 0.15) is 17.3 Å². The van der Waals surface area contributed by atoms with E-state index in [1.165, 1.54) is 0 Å². The van der Waals surface area contributed by atoms with Gasteiger partial charge in [0.25, 0.3) is 0 Å². The Morgan fingerprint density at radius 1 is 1.19 bits per heavy atom. The number of benzene rings is 2. The van der Waals surface area contributed by atoms with E-state index in [0.717, 1.165) is 18.4 Å². The summed E-state index contributed by atoms with van der Waals surface area (Å²) in [7, 11) is -1.95. The number of hydrogen-bond donors (Lipinski definition) is 0. The predicted octanol–water partition coefficient (Wildman–Crippen LogP) is 3.89. The predicted molar refractivity (Wildman–Crippen MR) is 103 cm³/mol. The van der Waals surface area contributed by atoms with Crippen molar-refractivity contribution in [3.8, 4) is 5.75 Å². The summed E-state index contributed by atoms with van der Waals surface area (Å²) in [6.45, 7) is 0.482. The maximum Gasteiger partial charge on any atom is 0.219 e. The van der Waals surface area contributed by atoms with Gasteiger partial charge in [0.2, 0.25) is 15.9 Å². The van der Waals surface area contributed by atoms with Crippen LogP contribution in [-0.2, 0) is 15.8 Å². The van der Waals surface area contributed by atoms with Crippen LogP contribution < -0.4 is 4.74 Å². The molecule has 0 amide bonds. The molecule has 1 saturated heterocycles. The fraction of sp³-hybridized carbons (Fsp3) is 0.350. The molecule has 0 spiro atoms. The molecule has 4 rings (SSSR count). The van der Waals surface area contributed by atoms with E-state index in [1.54, 1.807) is 35.7 Å². The van der Waals surface area contributed by atoms with Crippen LogP contribution in [0.15, 0.2) is 52.9 Å². The van der Waals surface area contributed by atoms with Crippen molar-refractivity contribution in [1.82, 2.24) is 9.29 Å². The second-order valence-corrected chi connectivity index (χ2v) is 8.67. The third-order valence-electron chi connectivity index (χ3n) is 4.89. The first-order valence-corrected chi connectivity index (χ1v) is 10.7. The molecular weight excluding hydrogens is 364 g/mol. The van der Waals surface area contributed by atoms with Gasteiger partial charge in [0, 0.05) is 6.54 Å². The molecule has 27 heavy (non-hydrogen) atoms. The number of piperidine rings is 1. The molecule has 0 aliphatic carbocycles. The zero-order valence-electron chi connectivity index (χ0n) is 15.2. The van der Waals surface area contributed by atoms with Gasteiger partial charge in [-0.05, 0) is 42.7 Å². The molecule has 0 bridgehead atoms. The summed E-state index contributed by atoms with van der Waals surface area (Å²) in [6.07, 6.45) is 2.51. The average molecular weight is 386 g/mol.